The topological polar surface area (TPSA) is 20.3 Å². The summed E-state index contributed by atoms with van der Waals surface area (Å²) in [5.74, 6) is 0. The molecule has 0 N–H and O–H groups in total. The number of rotatable bonds is 4. The van der Waals surface area contributed by atoms with Crippen LogP contribution in [0.25, 0.3) is 0 Å². The van der Waals surface area contributed by atoms with Gasteiger partial charge in [0.05, 0.1) is 6.04 Å². The fourth-order valence-corrected chi connectivity index (χ4v) is 1.32. The van der Waals surface area contributed by atoms with E-state index in [-0.39, 0.29) is 6.04 Å². The van der Waals surface area contributed by atoms with Crippen LogP contribution in [-0.2, 0) is 11.2 Å². The quantitative estimate of drug-likeness (QED) is 0.675. The first-order valence-electron chi connectivity index (χ1n) is 4.80. The number of carbonyl (C=O) groups is 1. The van der Waals surface area contributed by atoms with Gasteiger partial charge in [-0.3, -0.25) is 4.90 Å². The Morgan fingerprint density at radius 2 is 1.86 bits per heavy atom. The van der Waals surface area contributed by atoms with Crippen LogP contribution in [0.1, 0.15) is 11.1 Å². The zero-order chi connectivity index (χ0) is 10.6. The van der Waals surface area contributed by atoms with E-state index in [4.69, 9.17) is 0 Å². The molecule has 0 aromatic heterocycles. The number of hydrogen-bond acceptors (Lipinski definition) is 2. The van der Waals surface area contributed by atoms with Gasteiger partial charge in [0.25, 0.3) is 0 Å². The summed E-state index contributed by atoms with van der Waals surface area (Å²) in [7, 11) is 3.85. The van der Waals surface area contributed by atoms with E-state index in [9.17, 15) is 4.79 Å². The summed E-state index contributed by atoms with van der Waals surface area (Å²) in [5.41, 5.74) is 2.46. The van der Waals surface area contributed by atoms with Crippen molar-refractivity contribution in [1.29, 1.82) is 0 Å². The Labute approximate surface area is 85.5 Å². The zero-order valence-electron chi connectivity index (χ0n) is 9.03. The van der Waals surface area contributed by atoms with Crippen molar-refractivity contribution in [3.8, 4) is 0 Å². The van der Waals surface area contributed by atoms with Crippen LogP contribution < -0.4 is 0 Å². The molecule has 0 bridgehead atoms. The lowest BCUT2D eigenvalue weighted by Crippen LogP contribution is -2.31. The van der Waals surface area contributed by atoms with Gasteiger partial charge in [0, 0.05) is 0 Å². The second kappa shape index (κ2) is 4.91. The Kier molecular flexibility index (Phi) is 3.84. The molecule has 0 spiro atoms. The number of aryl methyl sites for hydroxylation is 1. The first-order valence-corrected chi connectivity index (χ1v) is 4.80. The van der Waals surface area contributed by atoms with Gasteiger partial charge in [0.15, 0.2) is 0 Å². The molecule has 0 saturated heterocycles. The molecule has 1 atom stereocenters. The molecule has 0 fully saturated rings. The Balaban J connectivity index is 2.67. The van der Waals surface area contributed by atoms with Crippen molar-refractivity contribution in [1.82, 2.24) is 4.90 Å². The summed E-state index contributed by atoms with van der Waals surface area (Å²) in [5, 5.41) is 0. The van der Waals surface area contributed by atoms with Crippen molar-refractivity contribution in [2.45, 2.75) is 19.4 Å². The van der Waals surface area contributed by atoms with Crippen LogP contribution >= 0.6 is 0 Å². The summed E-state index contributed by atoms with van der Waals surface area (Å²) in [4.78, 5) is 12.7. The van der Waals surface area contributed by atoms with Crippen molar-refractivity contribution in [2.24, 2.45) is 0 Å². The molecule has 0 saturated carbocycles. The van der Waals surface area contributed by atoms with Crippen LogP contribution in [0.3, 0.4) is 0 Å². The van der Waals surface area contributed by atoms with Crippen molar-refractivity contribution in [2.75, 3.05) is 14.1 Å². The molecule has 0 aliphatic rings. The second-order valence-electron chi connectivity index (χ2n) is 3.86. The minimum atomic E-state index is -0.0160. The Bertz CT molecular complexity index is 290. The molecule has 1 rings (SSSR count). The highest BCUT2D eigenvalue weighted by Crippen LogP contribution is 2.07. The number of nitrogens with zero attached hydrogens (tertiary/aromatic N) is 1. The molecule has 1 aromatic rings. The second-order valence-corrected chi connectivity index (χ2v) is 3.86. The summed E-state index contributed by atoms with van der Waals surface area (Å²) in [6.07, 6.45) is 1.79. The van der Waals surface area contributed by atoms with E-state index in [0.29, 0.717) is 0 Å². The fourth-order valence-electron chi connectivity index (χ4n) is 1.32. The lowest BCUT2D eigenvalue weighted by Gasteiger charge is -2.18. The standard InChI is InChI=1S/C12H17NO/c1-10-4-6-11(7-5-10)8-12(9-14)13(2)3/h4-7,9,12H,8H2,1-3H3. The molecule has 76 valence electrons. The van der Waals surface area contributed by atoms with E-state index in [1.807, 2.05) is 19.0 Å². The Morgan fingerprint density at radius 3 is 2.29 bits per heavy atom. The highest BCUT2D eigenvalue weighted by atomic mass is 16.1. The van der Waals surface area contributed by atoms with E-state index in [1.165, 1.54) is 11.1 Å². The predicted octanol–water partition coefficient (Wildman–Crippen LogP) is 1.67. The third-order valence-corrected chi connectivity index (χ3v) is 2.39. The number of aldehydes is 1. The third kappa shape index (κ3) is 2.96. The molecule has 2 heteroatoms. The summed E-state index contributed by atoms with van der Waals surface area (Å²) in [6, 6.07) is 8.29. The molecule has 0 amide bonds. The van der Waals surface area contributed by atoms with E-state index in [1.54, 1.807) is 0 Å². The molecule has 0 heterocycles. The number of likely N-dealkylation sites (N-methyl/N-ethyl adjacent to an activating group) is 1. The fraction of sp³-hybridized carbons (Fsp3) is 0.417. The van der Waals surface area contributed by atoms with Crippen LogP contribution in [0.4, 0.5) is 0 Å². The van der Waals surface area contributed by atoms with Crippen LogP contribution in [-0.4, -0.2) is 31.3 Å². The van der Waals surface area contributed by atoms with Gasteiger partial charge in [0.1, 0.15) is 6.29 Å². The highest BCUT2D eigenvalue weighted by Gasteiger charge is 2.09. The van der Waals surface area contributed by atoms with Crippen LogP contribution in [0.15, 0.2) is 24.3 Å². The van der Waals surface area contributed by atoms with Crippen LogP contribution in [0.2, 0.25) is 0 Å². The van der Waals surface area contributed by atoms with Gasteiger partial charge in [-0.25, -0.2) is 0 Å². The molecule has 0 aliphatic carbocycles. The summed E-state index contributed by atoms with van der Waals surface area (Å²) >= 11 is 0. The molecular weight excluding hydrogens is 174 g/mol. The normalized spacial score (nSPS) is 12.9. The first kappa shape index (κ1) is 10.9. The first-order chi connectivity index (χ1) is 6.63. The van der Waals surface area contributed by atoms with Gasteiger partial charge < -0.3 is 4.79 Å². The molecule has 0 radical (unpaired) electrons. The maximum absolute atomic E-state index is 10.8. The Hall–Kier alpha value is -1.15. The number of hydrogen-bond donors (Lipinski definition) is 0. The van der Waals surface area contributed by atoms with Crippen molar-refractivity contribution in [3.05, 3.63) is 35.4 Å². The zero-order valence-corrected chi connectivity index (χ0v) is 9.03. The van der Waals surface area contributed by atoms with Gasteiger partial charge >= 0.3 is 0 Å². The van der Waals surface area contributed by atoms with E-state index in [2.05, 4.69) is 31.2 Å². The Morgan fingerprint density at radius 1 is 1.29 bits per heavy atom. The average molecular weight is 191 g/mol. The van der Waals surface area contributed by atoms with Gasteiger partial charge in [-0.15, -0.1) is 0 Å². The SMILES string of the molecule is Cc1ccc(CC(C=O)N(C)C)cc1. The van der Waals surface area contributed by atoms with Crippen molar-refractivity contribution in [3.63, 3.8) is 0 Å². The van der Waals surface area contributed by atoms with Crippen LogP contribution in [0, 0.1) is 6.92 Å². The minimum absolute atomic E-state index is 0.0160. The molecule has 1 aromatic carbocycles. The van der Waals surface area contributed by atoms with Crippen LogP contribution in [0.5, 0.6) is 0 Å². The molecular formula is C12H17NO. The van der Waals surface area contributed by atoms with E-state index in [0.717, 1.165) is 12.7 Å². The maximum atomic E-state index is 10.8. The lowest BCUT2D eigenvalue weighted by molar-refractivity contribution is -0.111. The summed E-state index contributed by atoms with van der Waals surface area (Å²) < 4.78 is 0. The summed E-state index contributed by atoms with van der Waals surface area (Å²) in [6.45, 7) is 2.06. The molecule has 14 heavy (non-hydrogen) atoms. The lowest BCUT2D eigenvalue weighted by atomic mass is 10.0. The van der Waals surface area contributed by atoms with Crippen molar-refractivity contribution >= 4 is 6.29 Å². The smallest absolute Gasteiger partial charge is 0.137 e. The van der Waals surface area contributed by atoms with Gasteiger partial charge in [-0.2, -0.15) is 0 Å². The molecule has 0 aliphatic heterocycles. The highest BCUT2D eigenvalue weighted by molar-refractivity contribution is 5.58. The third-order valence-electron chi connectivity index (χ3n) is 2.39. The maximum Gasteiger partial charge on any atom is 0.137 e. The number of carbonyl (C=O) groups excluding carboxylic acids is 1. The van der Waals surface area contributed by atoms with E-state index >= 15 is 0 Å². The predicted molar refractivity (Wildman–Crippen MR) is 58.4 cm³/mol. The van der Waals surface area contributed by atoms with Gasteiger partial charge in [-0.05, 0) is 33.0 Å². The van der Waals surface area contributed by atoms with E-state index < -0.39 is 0 Å². The van der Waals surface area contributed by atoms with Gasteiger partial charge in [0.2, 0.25) is 0 Å². The minimum Gasteiger partial charge on any atom is -0.302 e. The number of benzene rings is 1. The molecule has 1 unspecified atom stereocenters. The largest absolute Gasteiger partial charge is 0.302 e. The average Bonchev–Trinajstić information content (AvgIpc) is 2.16. The monoisotopic (exact) mass is 191 g/mol. The van der Waals surface area contributed by atoms with Crippen molar-refractivity contribution < 1.29 is 4.79 Å². The van der Waals surface area contributed by atoms with Gasteiger partial charge in [-0.1, -0.05) is 29.8 Å². The molecule has 2 nitrogen and oxygen atoms in total.